The lowest BCUT2D eigenvalue weighted by Crippen LogP contribution is -2.35. The second-order valence-electron chi connectivity index (χ2n) is 5.63. The van der Waals surface area contributed by atoms with E-state index in [0.29, 0.717) is 30.4 Å². The Morgan fingerprint density at radius 2 is 2.18 bits per heavy atom. The number of nitrogens with one attached hydrogen (secondary N) is 1. The number of carbonyl (C=O) groups is 1. The van der Waals surface area contributed by atoms with Crippen molar-refractivity contribution >= 4 is 17.7 Å². The van der Waals surface area contributed by atoms with Crippen LogP contribution in [0.4, 0.5) is 5.69 Å². The first-order chi connectivity index (χ1) is 10.5. The number of aliphatic hydroxyl groups excluding tert-OH is 1. The van der Waals surface area contributed by atoms with Crippen LogP contribution in [0.25, 0.3) is 6.08 Å². The van der Waals surface area contributed by atoms with Gasteiger partial charge in [0.1, 0.15) is 5.75 Å². The highest BCUT2D eigenvalue weighted by Gasteiger charge is 2.06. The Labute approximate surface area is 132 Å². The van der Waals surface area contributed by atoms with Crippen molar-refractivity contribution in [2.45, 2.75) is 33.2 Å². The highest BCUT2D eigenvalue weighted by molar-refractivity contribution is 5.92. The van der Waals surface area contributed by atoms with Gasteiger partial charge in [-0.3, -0.25) is 4.79 Å². The van der Waals surface area contributed by atoms with Gasteiger partial charge in [0.15, 0.2) is 0 Å². The third-order valence-electron chi connectivity index (χ3n) is 3.09. The summed E-state index contributed by atoms with van der Waals surface area (Å²) in [4.78, 5) is 11.7. The number of anilines is 1. The number of carbonyl (C=O) groups excluding carboxylic acids is 1. The quantitative estimate of drug-likeness (QED) is 0.508. The molecule has 1 rings (SSSR count). The van der Waals surface area contributed by atoms with Crippen molar-refractivity contribution < 1.29 is 14.6 Å². The van der Waals surface area contributed by atoms with Crippen LogP contribution >= 0.6 is 0 Å². The molecule has 0 spiro atoms. The molecule has 0 aromatic heterocycles. The zero-order valence-electron chi connectivity index (χ0n) is 13.5. The molecule has 1 aromatic rings. The van der Waals surface area contributed by atoms with Crippen molar-refractivity contribution in [1.82, 2.24) is 5.32 Å². The van der Waals surface area contributed by atoms with Crippen LogP contribution in [0.1, 0.15) is 32.8 Å². The molecule has 0 heterocycles. The van der Waals surface area contributed by atoms with Gasteiger partial charge in [0.05, 0.1) is 24.9 Å². The van der Waals surface area contributed by atoms with Crippen LogP contribution in [0.15, 0.2) is 24.3 Å². The molecule has 122 valence electrons. The minimum atomic E-state index is -0.236. The molecule has 1 unspecified atom stereocenters. The first-order valence-corrected chi connectivity index (χ1v) is 7.58. The van der Waals surface area contributed by atoms with Crippen LogP contribution in [-0.2, 0) is 4.79 Å². The summed E-state index contributed by atoms with van der Waals surface area (Å²) in [6, 6.07) is 5.20. The third kappa shape index (κ3) is 6.18. The number of benzene rings is 1. The first kappa shape index (κ1) is 18.0. The van der Waals surface area contributed by atoms with Crippen LogP contribution in [-0.4, -0.2) is 30.3 Å². The molecule has 5 heteroatoms. The molecule has 0 fully saturated rings. The molecule has 0 saturated carbocycles. The first-order valence-electron chi connectivity index (χ1n) is 7.58. The molecule has 5 nitrogen and oxygen atoms in total. The molecule has 0 aliphatic heterocycles. The maximum atomic E-state index is 11.7. The van der Waals surface area contributed by atoms with Gasteiger partial charge in [-0.25, -0.2) is 0 Å². The molecule has 22 heavy (non-hydrogen) atoms. The SMILES string of the molecule is CCC(CO)NC(=O)/C=C\c1ccc(OCC(C)C)c(N)c1. The van der Waals surface area contributed by atoms with Crippen molar-refractivity contribution in [3.05, 3.63) is 29.8 Å². The molecular formula is C17H26N2O3. The van der Waals surface area contributed by atoms with E-state index in [1.807, 2.05) is 13.0 Å². The van der Waals surface area contributed by atoms with Gasteiger partial charge in [-0.1, -0.05) is 26.8 Å². The van der Waals surface area contributed by atoms with Crippen LogP contribution in [0, 0.1) is 5.92 Å². The summed E-state index contributed by atoms with van der Waals surface area (Å²) < 4.78 is 5.60. The van der Waals surface area contributed by atoms with Gasteiger partial charge < -0.3 is 20.9 Å². The number of aliphatic hydroxyl groups is 1. The molecular weight excluding hydrogens is 280 g/mol. The molecule has 0 saturated heterocycles. The summed E-state index contributed by atoms with van der Waals surface area (Å²) >= 11 is 0. The van der Waals surface area contributed by atoms with E-state index in [9.17, 15) is 4.79 Å². The van der Waals surface area contributed by atoms with Crippen molar-refractivity contribution in [3.63, 3.8) is 0 Å². The number of rotatable bonds is 8. The minimum Gasteiger partial charge on any atom is -0.491 e. The van der Waals surface area contributed by atoms with E-state index < -0.39 is 0 Å². The fourth-order valence-corrected chi connectivity index (χ4v) is 1.76. The average Bonchev–Trinajstić information content (AvgIpc) is 2.49. The molecule has 1 aromatic carbocycles. The van der Waals surface area contributed by atoms with Gasteiger partial charge in [0.2, 0.25) is 5.91 Å². The Kier molecular flexibility index (Phi) is 7.46. The summed E-state index contributed by atoms with van der Waals surface area (Å²) in [6.07, 6.45) is 3.80. The minimum absolute atomic E-state index is 0.0646. The van der Waals surface area contributed by atoms with E-state index in [1.165, 1.54) is 6.08 Å². The summed E-state index contributed by atoms with van der Waals surface area (Å²) in [7, 11) is 0. The summed E-state index contributed by atoms with van der Waals surface area (Å²) in [5.41, 5.74) is 7.31. The fraction of sp³-hybridized carbons (Fsp3) is 0.471. The largest absolute Gasteiger partial charge is 0.491 e. The van der Waals surface area contributed by atoms with E-state index >= 15 is 0 Å². The maximum Gasteiger partial charge on any atom is 0.244 e. The molecule has 0 aliphatic rings. The second kappa shape index (κ2) is 9.10. The van der Waals surface area contributed by atoms with Gasteiger partial charge >= 0.3 is 0 Å². The lowest BCUT2D eigenvalue weighted by Gasteiger charge is -2.12. The zero-order valence-corrected chi connectivity index (χ0v) is 13.5. The van der Waals surface area contributed by atoms with E-state index in [4.69, 9.17) is 15.6 Å². The number of hydrogen-bond donors (Lipinski definition) is 3. The molecule has 0 bridgehead atoms. The Balaban J connectivity index is 2.64. The third-order valence-corrected chi connectivity index (χ3v) is 3.09. The average molecular weight is 306 g/mol. The fourth-order valence-electron chi connectivity index (χ4n) is 1.76. The number of amides is 1. The normalized spacial score (nSPS) is 12.6. The van der Waals surface area contributed by atoms with Gasteiger partial charge in [-0.05, 0) is 36.1 Å². The summed E-state index contributed by atoms with van der Waals surface area (Å²) in [5, 5.41) is 11.8. The lowest BCUT2D eigenvalue weighted by atomic mass is 10.1. The molecule has 1 atom stereocenters. The Hall–Kier alpha value is -2.01. The smallest absolute Gasteiger partial charge is 0.244 e. The van der Waals surface area contributed by atoms with E-state index in [0.717, 1.165) is 5.56 Å². The summed E-state index contributed by atoms with van der Waals surface area (Å²) in [6.45, 7) is 6.59. The molecule has 1 amide bonds. The van der Waals surface area contributed by atoms with Crippen molar-refractivity contribution in [2.75, 3.05) is 18.9 Å². The van der Waals surface area contributed by atoms with Crippen LogP contribution < -0.4 is 15.8 Å². The monoisotopic (exact) mass is 306 g/mol. The summed E-state index contributed by atoms with van der Waals surface area (Å²) in [5.74, 6) is 0.849. The van der Waals surface area contributed by atoms with E-state index in [-0.39, 0.29) is 18.6 Å². The molecule has 0 radical (unpaired) electrons. The Bertz CT molecular complexity index is 509. The highest BCUT2D eigenvalue weighted by atomic mass is 16.5. The number of hydrogen-bond acceptors (Lipinski definition) is 4. The zero-order chi connectivity index (χ0) is 16.5. The van der Waals surface area contributed by atoms with Crippen LogP contribution in [0.5, 0.6) is 5.75 Å². The van der Waals surface area contributed by atoms with E-state index in [2.05, 4.69) is 19.2 Å². The number of nitrogens with two attached hydrogens (primary N) is 1. The second-order valence-corrected chi connectivity index (χ2v) is 5.63. The number of ether oxygens (including phenoxy) is 1. The standard InChI is InChI=1S/C17H26N2O3/c1-4-14(10-20)19-17(21)8-6-13-5-7-16(15(18)9-13)22-11-12(2)3/h5-9,12,14,20H,4,10-11,18H2,1-3H3,(H,19,21)/b8-6-. The predicted octanol–water partition coefficient (Wildman–Crippen LogP) is 2.20. The van der Waals surface area contributed by atoms with Gasteiger partial charge in [0, 0.05) is 6.08 Å². The predicted molar refractivity (Wildman–Crippen MR) is 89.5 cm³/mol. The number of nitrogen functional groups attached to an aromatic ring is 1. The Morgan fingerprint density at radius 3 is 2.73 bits per heavy atom. The highest BCUT2D eigenvalue weighted by Crippen LogP contribution is 2.23. The van der Waals surface area contributed by atoms with Gasteiger partial charge in [-0.15, -0.1) is 0 Å². The van der Waals surface area contributed by atoms with Crippen molar-refractivity contribution in [1.29, 1.82) is 0 Å². The Morgan fingerprint density at radius 1 is 1.45 bits per heavy atom. The van der Waals surface area contributed by atoms with Crippen LogP contribution in [0.2, 0.25) is 0 Å². The maximum absolute atomic E-state index is 11.7. The van der Waals surface area contributed by atoms with Crippen molar-refractivity contribution in [2.24, 2.45) is 5.92 Å². The topological polar surface area (TPSA) is 84.6 Å². The van der Waals surface area contributed by atoms with E-state index in [1.54, 1.807) is 18.2 Å². The van der Waals surface area contributed by atoms with Gasteiger partial charge in [-0.2, -0.15) is 0 Å². The van der Waals surface area contributed by atoms with Gasteiger partial charge in [0.25, 0.3) is 0 Å². The lowest BCUT2D eigenvalue weighted by molar-refractivity contribution is -0.117. The molecule has 0 aliphatic carbocycles. The molecule has 4 N–H and O–H groups in total. The van der Waals surface area contributed by atoms with Crippen molar-refractivity contribution in [3.8, 4) is 5.75 Å². The van der Waals surface area contributed by atoms with Crippen LogP contribution in [0.3, 0.4) is 0 Å².